The molecule has 9 heteroatoms. The third-order valence-electron chi connectivity index (χ3n) is 4.05. The van der Waals surface area contributed by atoms with Gasteiger partial charge in [-0.25, -0.2) is 4.85 Å². The van der Waals surface area contributed by atoms with E-state index < -0.39 is 28.9 Å². The zero-order valence-electron chi connectivity index (χ0n) is 13.5. The first-order chi connectivity index (χ1) is 12.2. The van der Waals surface area contributed by atoms with Crippen LogP contribution in [0, 0.1) is 6.57 Å². The molecular formula is C17H13F3N4OS. The zero-order chi connectivity index (χ0) is 18.9. The Morgan fingerprint density at radius 2 is 2.19 bits per heavy atom. The molecule has 2 unspecified atom stereocenters. The van der Waals surface area contributed by atoms with E-state index in [0.717, 1.165) is 17.0 Å². The number of nitrogens with one attached hydrogen (secondary N) is 1. The number of amides is 1. The molecule has 134 valence electrons. The summed E-state index contributed by atoms with van der Waals surface area (Å²) in [4.78, 5) is 16.4. The number of azo groups is 1. The average molecular weight is 378 g/mol. The molecule has 2 atom stereocenters. The van der Waals surface area contributed by atoms with Crippen LogP contribution >= 0.6 is 11.3 Å². The van der Waals surface area contributed by atoms with Crippen molar-refractivity contribution >= 4 is 28.6 Å². The second-order valence-electron chi connectivity index (χ2n) is 6.02. The van der Waals surface area contributed by atoms with Crippen LogP contribution in [0.2, 0.25) is 0 Å². The van der Waals surface area contributed by atoms with E-state index in [1.807, 2.05) is 17.5 Å². The number of hydrogen-bond acceptors (Lipinski definition) is 4. The molecule has 1 aliphatic heterocycles. The van der Waals surface area contributed by atoms with E-state index in [9.17, 15) is 18.0 Å². The molecule has 0 radical (unpaired) electrons. The number of thiophene rings is 1. The number of carbonyl (C=O) groups excluding carboxylic acids is 1. The fraction of sp³-hybridized carbons (Fsp3) is 0.294. The summed E-state index contributed by atoms with van der Waals surface area (Å²) in [6.07, 6.45) is -4.34. The number of nitrogens with zero attached hydrogens (tertiary/aromatic N) is 3. The van der Waals surface area contributed by atoms with Crippen LogP contribution in [0.25, 0.3) is 4.85 Å². The van der Waals surface area contributed by atoms with Gasteiger partial charge >= 0.3 is 6.18 Å². The van der Waals surface area contributed by atoms with E-state index in [1.54, 1.807) is 6.92 Å². The van der Waals surface area contributed by atoms with Gasteiger partial charge in [-0.1, -0.05) is 12.1 Å². The second kappa shape index (κ2) is 6.53. The smallest absolute Gasteiger partial charge is 0.324 e. The largest absolute Gasteiger partial charge is 0.407 e. The maximum atomic E-state index is 13.0. The molecule has 2 heterocycles. The molecule has 5 nitrogen and oxygen atoms in total. The Kier molecular flexibility index (Phi) is 4.54. The van der Waals surface area contributed by atoms with Gasteiger partial charge in [0.15, 0.2) is 11.2 Å². The highest BCUT2D eigenvalue weighted by atomic mass is 32.1. The van der Waals surface area contributed by atoms with Crippen molar-refractivity contribution in [3.8, 4) is 0 Å². The lowest BCUT2D eigenvalue weighted by molar-refractivity contribution is -0.136. The van der Waals surface area contributed by atoms with Crippen molar-refractivity contribution in [3.05, 3.63) is 57.6 Å². The van der Waals surface area contributed by atoms with E-state index >= 15 is 0 Å². The predicted octanol–water partition coefficient (Wildman–Crippen LogP) is 5.61. The van der Waals surface area contributed by atoms with Crippen LogP contribution in [-0.4, -0.2) is 11.4 Å². The van der Waals surface area contributed by atoms with E-state index in [1.165, 1.54) is 17.4 Å². The number of rotatable bonds is 3. The molecule has 1 amide bonds. The molecule has 3 rings (SSSR count). The third kappa shape index (κ3) is 3.46. The molecular weight excluding hydrogens is 365 g/mol. The van der Waals surface area contributed by atoms with Gasteiger partial charge in [0, 0.05) is 17.0 Å². The second-order valence-corrected chi connectivity index (χ2v) is 7.00. The Morgan fingerprint density at radius 3 is 2.81 bits per heavy atom. The predicted molar refractivity (Wildman–Crippen MR) is 91.3 cm³/mol. The molecule has 1 aromatic carbocycles. The number of hydrogen-bond donors (Lipinski definition) is 1. The normalized spacial score (nSPS) is 22.2. The summed E-state index contributed by atoms with van der Waals surface area (Å²) in [5.41, 5.74) is -2.79. The van der Waals surface area contributed by atoms with Crippen molar-refractivity contribution in [3.63, 3.8) is 0 Å². The molecule has 1 aromatic heterocycles. The highest BCUT2D eigenvalue weighted by molar-refractivity contribution is 7.10. The van der Waals surface area contributed by atoms with Gasteiger partial charge in [0.1, 0.15) is 6.04 Å². The molecule has 0 spiro atoms. The Labute approximate surface area is 151 Å². The Hall–Kier alpha value is -2.73. The third-order valence-corrected chi connectivity index (χ3v) is 5.02. The van der Waals surface area contributed by atoms with Crippen LogP contribution in [0.1, 0.15) is 29.8 Å². The zero-order valence-corrected chi connectivity index (χ0v) is 14.4. The van der Waals surface area contributed by atoms with Crippen LogP contribution < -0.4 is 5.32 Å². The summed E-state index contributed by atoms with van der Waals surface area (Å²) < 4.78 is 39.1. The quantitative estimate of drug-likeness (QED) is 0.693. The van der Waals surface area contributed by atoms with Gasteiger partial charge in [0.2, 0.25) is 0 Å². The summed E-state index contributed by atoms with van der Waals surface area (Å²) in [7, 11) is 0. The number of carbonyl (C=O) groups is 1. The monoisotopic (exact) mass is 378 g/mol. The molecule has 0 saturated heterocycles. The van der Waals surface area contributed by atoms with Crippen molar-refractivity contribution in [2.45, 2.75) is 31.1 Å². The fourth-order valence-corrected chi connectivity index (χ4v) is 3.39. The summed E-state index contributed by atoms with van der Waals surface area (Å²) in [5, 5.41) is 12.6. The van der Waals surface area contributed by atoms with Crippen molar-refractivity contribution < 1.29 is 18.0 Å². The van der Waals surface area contributed by atoms with Crippen molar-refractivity contribution in [1.82, 2.24) is 0 Å². The van der Waals surface area contributed by atoms with E-state index in [0.29, 0.717) is 6.42 Å². The first-order valence-corrected chi connectivity index (χ1v) is 8.46. The van der Waals surface area contributed by atoms with Gasteiger partial charge < -0.3 is 5.32 Å². The van der Waals surface area contributed by atoms with Crippen LogP contribution in [0.4, 0.5) is 24.5 Å². The Balaban J connectivity index is 1.78. The summed E-state index contributed by atoms with van der Waals surface area (Å²) >= 11 is 1.51. The van der Waals surface area contributed by atoms with E-state index in [4.69, 9.17) is 6.57 Å². The maximum Gasteiger partial charge on any atom is 0.407 e. The van der Waals surface area contributed by atoms with Crippen LogP contribution in [0.3, 0.4) is 0 Å². The lowest BCUT2D eigenvalue weighted by Crippen LogP contribution is -2.37. The number of anilines is 1. The highest BCUT2D eigenvalue weighted by Crippen LogP contribution is 2.40. The van der Waals surface area contributed by atoms with Gasteiger partial charge in [-0.3, -0.25) is 4.79 Å². The van der Waals surface area contributed by atoms with Gasteiger partial charge in [-0.05, 0) is 30.5 Å². The molecule has 26 heavy (non-hydrogen) atoms. The average Bonchev–Trinajstić information content (AvgIpc) is 3.24. The van der Waals surface area contributed by atoms with Crippen molar-refractivity contribution in [2.75, 3.05) is 5.32 Å². The summed E-state index contributed by atoms with van der Waals surface area (Å²) in [5.74, 6) is -0.538. The molecule has 2 aromatic rings. The Bertz CT molecular complexity index is 902. The lowest BCUT2D eigenvalue weighted by atomic mass is 9.94. The first kappa shape index (κ1) is 18.1. The van der Waals surface area contributed by atoms with Crippen molar-refractivity contribution in [2.24, 2.45) is 10.2 Å². The number of halogens is 3. The summed E-state index contributed by atoms with van der Waals surface area (Å²) in [6.45, 7) is 8.44. The summed E-state index contributed by atoms with van der Waals surface area (Å²) in [6, 6.07) is 6.61. The van der Waals surface area contributed by atoms with E-state index in [-0.39, 0.29) is 11.7 Å². The topological polar surface area (TPSA) is 58.2 Å². The lowest BCUT2D eigenvalue weighted by Gasteiger charge is -2.20. The molecule has 0 saturated carbocycles. The minimum Gasteiger partial charge on any atom is -0.324 e. The van der Waals surface area contributed by atoms with Gasteiger partial charge in [-0.2, -0.15) is 23.4 Å². The molecule has 1 aliphatic rings. The molecule has 0 bridgehead atoms. The number of alkyl halides is 3. The Morgan fingerprint density at radius 1 is 1.42 bits per heavy atom. The molecule has 1 N–H and O–H groups in total. The SMILES string of the molecule is [C-]#[N+]c1ccc(NC(=O)C2(C)CC(c3cccs3)N=N2)cc1C(F)(F)F. The first-order valence-electron chi connectivity index (χ1n) is 7.58. The van der Waals surface area contributed by atoms with Gasteiger partial charge in [0.25, 0.3) is 5.91 Å². The minimum absolute atomic E-state index is 0.0364. The van der Waals surface area contributed by atoms with E-state index in [2.05, 4.69) is 20.4 Å². The van der Waals surface area contributed by atoms with Gasteiger partial charge in [0.05, 0.1) is 12.1 Å². The van der Waals surface area contributed by atoms with Crippen molar-refractivity contribution in [1.29, 1.82) is 0 Å². The maximum absolute atomic E-state index is 13.0. The number of benzene rings is 1. The molecule has 0 aliphatic carbocycles. The van der Waals surface area contributed by atoms with Crippen LogP contribution in [0.5, 0.6) is 0 Å². The van der Waals surface area contributed by atoms with Crippen LogP contribution in [-0.2, 0) is 11.0 Å². The van der Waals surface area contributed by atoms with Gasteiger partial charge in [-0.15, -0.1) is 11.3 Å². The molecule has 0 fully saturated rings. The standard InChI is InChI=1S/C17H13F3N4OS/c1-16(9-13(23-24-16)14-4-3-7-26-14)15(25)22-10-5-6-12(21-2)11(8-10)17(18,19)20/h3-8,13H,9H2,1H3,(H,22,25). The fourth-order valence-electron chi connectivity index (χ4n) is 2.64. The minimum atomic E-state index is -4.68. The van der Waals surface area contributed by atoms with Crippen LogP contribution in [0.15, 0.2) is 45.9 Å². The highest BCUT2D eigenvalue weighted by Gasteiger charge is 2.42.